The van der Waals surface area contributed by atoms with Crippen LogP contribution in [0.4, 0.5) is 18.9 Å². The summed E-state index contributed by atoms with van der Waals surface area (Å²) in [6, 6.07) is 3.66. The molecule has 0 aromatic heterocycles. The molecule has 11 heteroatoms. The summed E-state index contributed by atoms with van der Waals surface area (Å²) in [7, 11) is 0.611. The Labute approximate surface area is 143 Å². The minimum Gasteiger partial charge on any atom is -0.467 e. The van der Waals surface area contributed by atoms with Crippen molar-refractivity contribution in [2.75, 3.05) is 12.4 Å². The van der Waals surface area contributed by atoms with Crippen LogP contribution in [0.1, 0.15) is 0 Å². The van der Waals surface area contributed by atoms with Gasteiger partial charge in [0.15, 0.2) is 5.38 Å². The molecule has 0 saturated carbocycles. The van der Waals surface area contributed by atoms with Gasteiger partial charge in [0.05, 0.1) is 17.2 Å². The van der Waals surface area contributed by atoms with Gasteiger partial charge in [0.25, 0.3) is 5.60 Å². The van der Waals surface area contributed by atoms with Crippen LogP contribution in [-0.4, -0.2) is 41.2 Å². The average Bonchev–Trinajstić information content (AvgIpc) is 2.47. The minimum absolute atomic E-state index is 0.0228. The summed E-state index contributed by atoms with van der Waals surface area (Å²) < 4.78 is 42.7. The predicted octanol–water partition coefficient (Wildman–Crippen LogP) is 3.01. The summed E-state index contributed by atoms with van der Waals surface area (Å²) in [6.45, 7) is 0. The van der Waals surface area contributed by atoms with E-state index in [1.54, 1.807) is 0 Å². The SMILES string of the molecule is COC(=O)[C@](O)([C@@H](Cl)C(=O)Nc1ccc(Cl)c(Cl)c1)C(F)(F)F. The maximum Gasteiger partial charge on any atom is 0.430 e. The molecule has 0 aliphatic rings. The first-order valence-corrected chi connectivity index (χ1v) is 6.92. The largest absolute Gasteiger partial charge is 0.467 e. The van der Waals surface area contributed by atoms with E-state index in [-0.39, 0.29) is 15.7 Å². The van der Waals surface area contributed by atoms with Crippen molar-refractivity contribution in [1.82, 2.24) is 0 Å². The zero-order chi connectivity index (χ0) is 18.0. The van der Waals surface area contributed by atoms with Gasteiger partial charge in [-0.15, -0.1) is 11.6 Å². The summed E-state index contributed by atoms with van der Waals surface area (Å²) in [5.74, 6) is -3.61. The maximum atomic E-state index is 13.0. The first-order valence-electron chi connectivity index (χ1n) is 5.72. The molecule has 0 radical (unpaired) electrons. The van der Waals surface area contributed by atoms with E-state index in [9.17, 15) is 27.9 Å². The molecule has 0 fully saturated rings. The van der Waals surface area contributed by atoms with Gasteiger partial charge in [0.2, 0.25) is 5.91 Å². The number of carbonyl (C=O) groups excluding carboxylic acids is 2. The number of nitrogens with one attached hydrogen (secondary N) is 1. The molecular formula is C12H9Cl3F3NO4. The third-order valence-corrected chi connectivity index (χ3v) is 3.97. The Morgan fingerprint density at radius 1 is 1.26 bits per heavy atom. The second-order valence-electron chi connectivity index (χ2n) is 4.24. The van der Waals surface area contributed by atoms with Crippen molar-refractivity contribution < 1.29 is 32.6 Å². The second-order valence-corrected chi connectivity index (χ2v) is 5.49. The monoisotopic (exact) mass is 393 g/mol. The Morgan fingerprint density at radius 2 is 1.83 bits per heavy atom. The van der Waals surface area contributed by atoms with E-state index in [4.69, 9.17) is 34.8 Å². The molecule has 5 nitrogen and oxygen atoms in total. The van der Waals surface area contributed by atoms with Crippen LogP contribution in [0.15, 0.2) is 18.2 Å². The van der Waals surface area contributed by atoms with Crippen molar-refractivity contribution in [3.63, 3.8) is 0 Å². The smallest absolute Gasteiger partial charge is 0.430 e. The average molecular weight is 395 g/mol. The van der Waals surface area contributed by atoms with Gasteiger partial charge in [-0.25, -0.2) is 4.79 Å². The fourth-order valence-corrected chi connectivity index (χ4v) is 2.05. The van der Waals surface area contributed by atoms with E-state index >= 15 is 0 Å². The van der Waals surface area contributed by atoms with Gasteiger partial charge >= 0.3 is 12.1 Å². The molecule has 0 unspecified atom stereocenters. The van der Waals surface area contributed by atoms with Gasteiger partial charge in [0, 0.05) is 5.69 Å². The topological polar surface area (TPSA) is 75.6 Å². The third-order valence-electron chi connectivity index (χ3n) is 2.71. The minimum atomic E-state index is -5.54. The van der Waals surface area contributed by atoms with E-state index in [2.05, 4.69) is 4.74 Å². The quantitative estimate of drug-likeness (QED) is 0.608. The standard InChI is InChI=1S/C12H9Cl3F3NO4/c1-23-10(21)11(22,12(16,17)18)8(15)9(20)19-5-2-3-6(13)7(14)4-5/h2-4,8,22H,1H3,(H,19,20)/t8-,11+/m0/s1. The lowest BCUT2D eigenvalue weighted by Crippen LogP contribution is -2.62. The highest BCUT2D eigenvalue weighted by Gasteiger charge is 2.67. The summed E-state index contributed by atoms with van der Waals surface area (Å²) in [4.78, 5) is 23.1. The van der Waals surface area contributed by atoms with E-state index in [0.29, 0.717) is 7.11 Å². The Hall–Kier alpha value is -1.22. The number of carbonyl (C=O) groups is 2. The summed E-state index contributed by atoms with van der Waals surface area (Å²) in [5.41, 5.74) is -4.26. The molecule has 1 amide bonds. The lowest BCUT2D eigenvalue weighted by molar-refractivity contribution is -0.260. The van der Waals surface area contributed by atoms with Gasteiger partial charge < -0.3 is 15.2 Å². The molecule has 2 atom stereocenters. The molecule has 0 aliphatic carbocycles. The number of esters is 1. The number of halogens is 6. The Morgan fingerprint density at radius 3 is 2.26 bits per heavy atom. The van der Waals surface area contributed by atoms with Crippen molar-refractivity contribution in [2.24, 2.45) is 0 Å². The highest BCUT2D eigenvalue weighted by molar-refractivity contribution is 6.42. The van der Waals surface area contributed by atoms with E-state index in [0.717, 1.165) is 6.07 Å². The highest BCUT2D eigenvalue weighted by Crippen LogP contribution is 2.37. The molecule has 0 heterocycles. The number of hydrogen-bond acceptors (Lipinski definition) is 4. The van der Waals surface area contributed by atoms with Crippen molar-refractivity contribution >= 4 is 52.4 Å². The first kappa shape index (κ1) is 19.8. The summed E-state index contributed by atoms with van der Waals surface area (Å²) in [5, 5.41) is 9.04. The van der Waals surface area contributed by atoms with E-state index in [1.807, 2.05) is 5.32 Å². The number of amides is 1. The van der Waals surface area contributed by atoms with E-state index < -0.39 is 29.0 Å². The normalized spacial score (nSPS) is 15.5. The number of methoxy groups -OCH3 is 1. The highest BCUT2D eigenvalue weighted by atomic mass is 35.5. The van der Waals surface area contributed by atoms with E-state index in [1.165, 1.54) is 12.1 Å². The van der Waals surface area contributed by atoms with Gasteiger partial charge in [-0.1, -0.05) is 23.2 Å². The number of hydrogen-bond donors (Lipinski definition) is 2. The van der Waals surface area contributed by atoms with Crippen molar-refractivity contribution in [3.05, 3.63) is 28.2 Å². The number of alkyl halides is 4. The molecule has 1 aromatic rings. The summed E-state index contributed by atoms with van der Waals surface area (Å²) in [6.07, 6.45) is -5.54. The molecule has 2 N–H and O–H groups in total. The zero-order valence-corrected chi connectivity index (χ0v) is 13.5. The molecule has 0 aliphatic heterocycles. The second kappa shape index (κ2) is 7.12. The Kier molecular flexibility index (Phi) is 6.14. The van der Waals surface area contributed by atoms with Crippen LogP contribution in [-0.2, 0) is 14.3 Å². The molecule has 1 aromatic carbocycles. The van der Waals surface area contributed by atoms with Gasteiger partial charge in [-0.2, -0.15) is 13.2 Å². The third kappa shape index (κ3) is 4.00. The number of anilines is 1. The molecular weight excluding hydrogens is 385 g/mol. The van der Waals surface area contributed by atoms with Gasteiger partial charge in [-0.05, 0) is 18.2 Å². The predicted molar refractivity (Wildman–Crippen MR) is 77.8 cm³/mol. The van der Waals surface area contributed by atoms with Crippen molar-refractivity contribution in [3.8, 4) is 0 Å². The van der Waals surface area contributed by atoms with Crippen LogP contribution < -0.4 is 5.32 Å². The van der Waals surface area contributed by atoms with Gasteiger partial charge in [0.1, 0.15) is 0 Å². The molecule has 0 saturated heterocycles. The van der Waals surface area contributed by atoms with Crippen molar-refractivity contribution in [1.29, 1.82) is 0 Å². The first-order chi connectivity index (χ1) is 10.4. The molecule has 128 valence electrons. The fourth-order valence-electron chi connectivity index (χ4n) is 1.49. The Balaban J connectivity index is 3.09. The summed E-state index contributed by atoms with van der Waals surface area (Å²) >= 11 is 16.7. The molecule has 0 bridgehead atoms. The van der Waals surface area contributed by atoms with Crippen LogP contribution in [0.2, 0.25) is 10.0 Å². The van der Waals surface area contributed by atoms with Gasteiger partial charge in [-0.3, -0.25) is 4.79 Å². The zero-order valence-electron chi connectivity index (χ0n) is 11.2. The molecule has 0 spiro atoms. The van der Waals surface area contributed by atoms with Crippen LogP contribution >= 0.6 is 34.8 Å². The number of rotatable bonds is 4. The molecule has 23 heavy (non-hydrogen) atoms. The van der Waals surface area contributed by atoms with Crippen LogP contribution in [0, 0.1) is 0 Å². The number of aliphatic hydroxyl groups is 1. The molecule has 1 rings (SSSR count). The number of benzene rings is 1. The number of ether oxygens (including phenoxy) is 1. The van der Waals surface area contributed by atoms with Crippen LogP contribution in [0.5, 0.6) is 0 Å². The van der Waals surface area contributed by atoms with Crippen LogP contribution in [0.3, 0.4) is 0 Å². The lowest BCUT2D eigenvalue weighted by Gasteiger charge is -2.30. The van der Waals surface area contributed by atoms with Crippen LogP contribution in [0.25, 0.3) is 0 Å². The van der Waals surface area contributed by atoms with Crippen molar-refractivity contribution in [2.45, 2.75) is 17.2 Å². The Bertz CT molecular complexity index is 626. The fraction of sp³-hybridized carbons (Fsp3) is 0.333. The maximum absolute atomic E-state index is 13.0. The lowest BCUT2D eigenvalue weighted by atomic mass is 9.98.